The van der Waals surface area contributed by atoms with E-state index in [1.807, 2.05) is 0 Å². The summed E-state index contributed by atoms with van der Waals surface area (Å²) in [5.74, 6) is 0.475. The zero-order valence-electron chi connectivity index (χ0n) is 11.3. The van der Waals surface area contributed by atoms with Crippen molar-refractivity contribution in [3.05, 3.63) is 17.5 Å². The summed E-state index contributed by atoms with van der Waals surface area (Å²) >= 11 is 1.26. The van der Waals surface area contributed by atoms with Gasteiger partial charge in [0.1, 0.15) is 4.21 Å². The van der Waals surface area contributed by atoms with E-state index in [-0.39, 0.29) is 6.10 Å². The minimum atomic E-state index is -3.31. The van der Waals surface area contributed by atoms with Gasteiger partial charge in [0, 0.05) is 32.7 Å². The fourth-order valence-electron chi connectivity index (χ4n) is 2.58. The van der Waals surface area contributed by atoms with Crippen molar-refractivity contribution in [3.8, 4) is 0 Å². The van der Waals surface area contributed by atoms with Crippen molar-refractivity contribution < 1.29 is 13.5 Å². The van der Waals surface area contributed by atoms with Gasteiger partial charge in [0.05, 0.1) is 6.10 Å². The molecule has 0 spiro atoms. The molecule has 1 saturated carbocycles. The lowest BCUT2D eigenvalue weighted by atomic mass is 10.2. The smallest absolute Gasteiger partial charge is 0.252 e. The van der Waals surface area contributed by atoms with Crippen LogP contribution >= 0.6 is 11.3 Å². The topological polar surface area (TPSA) is 60.9 Å². The Balaban J connectivity index is 1.55. The van der Waals surface area contributed by atoms with Gasteiger partial charge in [-0.15, -0.1) is 11.3 Å². The summed E-state index contributed by atoms with van der Waals surface area (Å²) in [6.45, 7) is 3.11. The van der Waals surface area contributed by atoms with Crippen LogP contribution in [0.25, 0.3) is 0 Å². The van der Waals surface area contributed by atoms with Gasteiger partial charge in [0.25, 0.3) is 10.0 Å². The standard InChI is InChI=1S/C13H20N2O3S2/c16-12(11-3-4-11)10-14-5-7-15(8-6-14)20(17,18)13-2-1-9-19-13/h1-2,9,11-12,16H,3-8,10H2. The molecule has 0 amide bonds. The molecule has 1 saturated heterocycles. The molecule has 1 aromatic rings. The van der Waals surface area contributed by atoms with Crippen LogP contribution in [0.2, 0.25) is 0 Å². The van der Waals surface area contributed by atoms with Gasteiger partial charge in [-0.25, -0.2) is 8.42 Å². The second-order valence-electron chi connectivity index (χ2n) is 5.54. The summed E-state index contributed by atoms with van der Waals surface area (Å²) in [6, 6.07) is 3.42. The summed E-state index contributed by atoms with van der Waals surface area (Å²) in [5, 5.41) is 11.7. The normalized spacial score (nSPS) is 23.9. The summed E-state index contributed by atoms with van der Waals surface area (Å²) in [4.78, 5) is 2.17. The zero-order valence-corrected chi connectivity index (χ0v) is 12.9. The average molecular weight is 316 g/mol. The highest BCUT2D eigenvalue weighted by Crippen LogP contribution is 2.33. The van der Waals surface area contributed by atoms with Gasteiger partial charge in [0.2, 0.25) is 0 Å². The molecule has 112 valence electrons. The molecule has 5 nitrogen and oxygen atoms in total. The number of piperazine rings is 1. The first-order valence-electron chi connectivity index (χ1n) is 7.01. The van der Waals surface area contributed by atoms with Gasteiger partial charge in [-0.1, -0.05) is 6.07 Å². The maximum absolute atomic E-state index is 12.4. The molecule has 2 heterocycles. The number of aliphatic hydroxyl groups excluding tert-OH is 1. The number of hydrogen-bond donors (Lipinski definition) is 1. The molecule has 0 bridgehead atoms. The van der Waals surface area contributed by atoms with Crippen molar-refractivity contribution in [1.82, 2.24) is 9.21 Å². The molecule has 20 heavy (non-hydrogen) atoms. The zero-order chi connectivity index (χ0) is 14.2. The Bertz CT molecular complexity index is 532. The van der Waals surface area contributed by atoms with Gasteiger partial charge in [-0.05, 0) is 30.2 Å². The van der Waals surface area contributed by atoms with E-state index in [2.05, 4.69) is 4.90 Å². The van der Waals surface area contributed by atoms with Crippen LogP contribution in [0.4, 0.5) is 0 Å². The number of nitrogens with zero attached hydrogens (tertiary/aromatic N) is 2. The number of aliphatic hydroxyl groups is 1. The number of sulfonamides is 1. The quantitative estimate of drug-likeness (QED) is 0.874. The molecule has 1 aliphatic carbocycles. The van der Waals surface area contributed by atoms with Gasteiger partial charge in [-0.3, -0.25) is 4.90 Å². The molecular weight excluding hydrogens is 296 g/mol. The third-order valence-corrected chi connectivity index (χ3v) is 7.30. The first-order valence-corrected chi connectivity index (χ1v) is 9.33. The van der Waals surface area contributed by atoms with E-state index < -0.39 is 10.0 Å². The van der Waals surface area contributed by atoms with Gasteiger partial charge in [-0.2, -0.15) is 4.31 Å². The summed E-state index contributed by atoms with van der Waals surface area (Å²) in [6.07, 6.45) is 2.03. The van der Waals surface area contributed by atoms with Crippen LogP contribution in [-0.4, -0.2) is 61.6 Å². The van der Waals surface area contributed by atoms with E-state index in [1.54, 1.807) is 21.8 Å². The Morgan fingerprint density at radius 3 is 2.55 bits per heavy atom. The van der Waals surface area contributed by atoms with E-state index in [4.69, 9.17) is 0 Å². The van der Waals surface area contributed by atoms with Crippen LogP contribution in [0.5, 0.6) is 0 Å². The van der Waals surface area contributed by atoms with E-state index in [1.165, 1.54) is 11.3 Å². The average Bonchev–Trinajstić information content (AvgIpc) is 3.14. The fourth-order valence-corrected chi connectivity index (χ4v) is 5.15. The lowest BCUT2D eigenvalue weighted by Gasteiger charge is -2.34. The summed E-state index contributed by atoms with van der Waals surface area (Å²) in [7, 11) is -3.31. The minimum Gasteiger partial charge on any atom is -0.392 e. The number of β-amino-alcohol motifs (C(OH)–C–C–N with tert-alkyl or cyclic N) is 1. The van der Waals surface area contributed by atoms with Gasteiger partial charge in [0.15, 0.2) is 0 Å². The largest absolute Gasteiger partial charge is 0.392 e. The van der Waals surface area contributed by atoms with E-state index in [0.717, 1.165) is 12.8 Å². The Kier molecular flexibility index (Phi) is 4.14. The van der Waals surface area contributed by atoms with Crippen molar-refractivity contribution in [2.24, 2.45) is 5.92 Å². The van der Waals surface area contributed by atoms with Crippen molar-refractivity contribution in [2.45, 2.75) is 23.2 Å². The lowest BCUT2D eigenvalue weighted by molar-refractivity contribution is 0.0782. The number of thiophene rings is 1. The molecule has 2 fully saturated rings. The molecule has 1 unspecified atom stereocenters. The van der Waals surface area contributed by atoms with Crippen LogP contribution in [0.3, 0.4) is 0 Å². The van der Waals surface area contributed by atoms with Crippen molar-refractivity contribution in [2.75, 3.05) is 32.7 Å². The molecule has 1 N–H and O–H groups in total. The minimum absolute atomic E-state index is 0.240. The van der Waals surface area contributed by atoms with E-state index in [0.29, 0.717) is 42.9 Å². The van der Waals surface area contributed by atoms with Crippen LogP contribution in [0, 0.1) is 5.92 Å². The second kappa shape index (κ2) is 5.73. The monoisotopic (exact) mass is 316 g/mol. The lowest BCUT2D eigenvalue weighted by Crippen LogP contribution is -2.50. The van der Waals surface area contributed by atoms with Gasteiger partial charge < -0.3 is 5.11 Å². The molecule has 0 aromatic carbocycles. The highest BCUT2D eigenvalue weighted by atomic mass is 32.2. The SMILES string of the molecule is O=S(=O)(c1cccs1)N1CCN(CC(O)C2CC2)CC1. The predicted octanol–water partition coefficient (Wildman–Crippen LogP) is 0.825. The van der Waals surface area contributed by atoms with Crippen LogP contribution in [0.1, 0.15) is 12.8 Å². The molecule has 2 aliphatic rings. The molecule has 0 radical (unpaired) electrons. The molecule has 1 atom stereocenters. The third kappa shape index (κ3) is 3.07. The van der Waals surface area contributed by atoms with Crippen LogP contribution in [0.15, 0.2) is 21.7 Å². The van der Waals surface area contributed by atoms with Crippen molar-refractivity contribution >= 4 is 21.4 Å². The highest BCUT2D eigenvalue weighted by Gasteiger charge is 2.33. The maximum Gasteiger partial charge on any atom is 0.252 e. The molecular formula is C13H20N2O3S2. The Morgan fingerprint density at radius 2 is 2.00 bits per heavy atom. The molecule has 1 aromatic heterocycles. The van der Waals surface area contributed by atoms with E-state index >= 15 is 0 Å². The Labute approximate surface area is 123 Å². The van der Waals surface area contributed by atoms with E-state index in [9.17, 15) is 13.5 Å². The molecule has 7 heteroatoms. The third-order valence-electron chi connectivity index (χ3n) is 4.03. The highest BCUT2D eigenvalue weighted by molar-refractivity contribution is 7.91. The predicted molar refractivity (Wildman–Crippen MR) is 78.2 cm³/mol. The van der Waals surface area contributed by atoms with Gasteiger partial charge >= 0.3 is 0 Å². The summed E-state index contributed by atoms with van der Waals surface area (Å²) < 4.78 is 26.7. The Hall–Kier alpha value is -0.470. The van der Waals surface area contributed by atoms with Crippen LogP contribution in [-0.2, 0) is 10.0 Å². The number of rotatable bonds is 5. The molecule has 3 rings (SSSR count). The first-order chi connectivity index (χ1) is 9.57. The second-order valence-corrected chi connectivity index (χ2v) is 8.65. The van der Waals surface area contributed by atoms with Crippen molar-refractivity contribution in [1.29, 1.82) is 0 Å². The molecule has 1 aliphatic heterocycles. The van der Waals surface area contributed by atoms with Crippen molar-refractivity contribution in [3.63, 3.8) is 0 Å². The first kappa shape index (κ1) is 14.5. The number of hydrogen-bond acceptors (Lipinski definition) is 5. The maximum atomic E-state index is 12.4. The Morgan fingerprint density at radius 1 is 1.30 bits per heavy atom. The fraction of sp³-hybridized carbons (Fsp3) is 0.692. The van der Waals surface area contributed by atoms with Crippen LogP contribution < -0.4 is 0 Å². The summed E-state index contributed by atoms with van der Waals surface area (Å²) in [5.41, 5.74) is 0.